The third-order valence-corrected chi connectivity index (χ3v) is 3.25. The van der Waals surface area contributed by atoms with E-state index in [0.29, 0.717) is 32.7 Å². The number of carboxylic acid groups (broad SMARTS) is 1. The molecule has 0 saturated carbocycles. The number of aliphatic carboxylic acids is 1. The first-order chi connectivity index (χ1) is 9.58. The summed E-state index contributed by atoms with van der Waals surface area (Å²) in [4.78, 5) is 28.4. The normalized spacial score (nSPS) is 15.7. The minimum atomic E-state index is -0.786. The zero-order valence-electron chi connectivity index (χ0n) is 11.8. The lowest BCUT2D eigenvalue weighted by Crippen LogP contribution is -2.53. The van der Waals surface area contributed by atoms with Crippen molar-refractivity contribution in [3.8, 4) is 0 Å². The number of piperazine rings is 1. The smallest absolute Gasteiger partial charge is 0.320 e. The van der Waals surface area contributed by atoms with Gasteiger partial charge >= 0.3 is 12.0 Å². The molecule has 112 valence electrons. The van der Waals surface area contributed by atoms with Crippen LogP contribution in [0.5, 0.6) is 0 Å². The summed E-state index contributed by atoms with van der Waals surface area (Å²) in [6.07, 6.45) is 3.54. The topological polar surface area (TPSA) is 64.1 Å². The van der Waals surface area contributed by atoms with Crippen molar-refractivity contribution in [2.45, 2.75) is 6.42 Å². The fourth-order valence-electron chi connectivity index (χ4n) is 2.16. The SMILES string of the molecule is C=CCN(CC=C)C(=O)N1CCN(CCC(=O)O)CC1. The maximum Gasteiger partial charge on any atom is 0.320 e. The lowest BCUT2D eigenvalue weighted by atomic mass is 10.3. The van der Waals surface area contributed by atoms with Gasteiger partial charge in [0.05, 0.1) is 6.42 Å². The van der Waals surface area contributed by atoms with Gasteiger partial charge < -0.3 is 14.9 Å². The van der Waals surface area contributed by atoms with Crippen LogP contribution >= 0.6 is 0 Å². The Morgan fingerprint density at radius 2 is 1.65 bits per heavy atom. The predicted molar refractivity (Wildman–Crippen MR) is 77.6 cm³/mol. The summed E-state index contributed by atoms with van der Waals surface area (Å²) < 4.78 is 0. The minimum absolute atomic E-state index is 0.0114. The molecule has 20 heavy (non-hydrogen) atoms. The molecule has 0 aromatic rings. The Morgan fingerprint density at radius 1 is 1.10 bits per heavy atom. The van der Waals surface area contributed by atoms with Crippen LogP contribution in [0.3, 0.4) is 0 Å². The molecule has 1 saturated heterocycles. The molecule has 0 aliphatic carbocycles. The third kappa shape index (κ3) is 5.05. The first-order valence-electron chi connectivity index (χ1n) is 6.78. The van der Waals surface area contributed by atoms with Gasteiger partial charge in [0.25, 0.3) is 0 Å². The van der Waals surface area contributed by atoms with Gasteiger partial charge in [0, 0.05) is 45.8 Å². The Morgan fingerprint density at radius 3 is 2.10 bits per heavy atom. The number of nitrogens with zero attached hydrogens (tertiary/aromatic N) is 3. The number of hydrogen-bond donors (Lipinski definition) is 1. The molecule has 0 bridgehead atoms. The molecule has 2 amide bonds. The maximum absolute atomic E-state index is 12.3. The molecule has 0 atom stereocenters. The van der Waals surface area contributed by atoms with E-state index in [2.05, 4.69) is 18.1 Å². The van der Waals surface area contributed by atoms with Gasteiger partial charge in [-0.05, 0) is 0 Å². The molecule has 0 radical (unpaired) electrons. The van der Waals surface area contributed by atoms with Gasteiger partial charge in [-0.1, -0.05) is 12.2 Å². The second kappa shape index (κ2) is 8.37. The molecule has 0 aromatic heterocycles. The van der Waals surface area contributed by atoms with Crippen molar-refractivity contribution in [3.63, 3.8) is 0 Å². The van der Waals surface area contributed by atoms with Crippen LogP contribution in [-0.4, -0.2) is 77.6 Å². The number of rotatable bonds is 7. The van der Waals surface area contributed by atoms with Crippen LogP contribution in [0, 0.1) is 0 Å². The summed E-state index contributed by atoms with van der Waals surface area (Å²) in [6, 6.07) is -0.0114. The summed E-state index contributed by atoms with van der Waals surface area (Å²) in [5.74, 6) is -0.786. The van der Waals surface area contributed by atoms with Gasteiger partial charge in [-0.2, -0.15) is 0 Å². The van der Waals surface area contributed by atoms with Gasteiger partial charge in [0.15, 0.2) is 0 Å². The van der Waals surface area contributed by atoms with Crippen LogP contribution in [-0.2, 0) is 4.79 Å². The number of amides is 2. The van der Waals surface area contributed by atoms with Crippen LogP contribution in [0.1, 0.15) is 6.42 Å². The van der Waals surface area contributed by atoms with Crippen LogP contribution in [0.2, 0.25) is 0 Å². The quantitative estimate of drug-likeness (QED) is 0.703. The predicted octanol–water partition coefficient (Wildman–Crippen LogP) is 0.873. The molecule has 6 heteroatoms. The molecule has 6 nitrogen and oxygen atoms in total. The van der Waals surface area contributed by atoms with E-state index in [1.54, 1.807) is 22.0 Å². The largest absolute Gasteiger partial charge is 0.481 e. The second-order valence-corrected chi connectivity index (χ2v) is 4.74. The maximum atomic E-state index is 12.3. The number of urea groups is 1. The molecule has 1 fully saturated rings. The van der Waals surface area contributed by atoms with E-state index in [9.17, 15) is 9.59 Å². The van der Waals surface area contributed by atoms with Crippen molar-refractivity contribution >= 4 is 12.0 Å². The average Bonchev–Trinajstić information content (AvgIpc) is 2.44. The van der Waals surface area contributed by atoms with E-state index in [1.807, 2.05) is 0 Å². The summed E-state index contributed by atoms with van der Waals surface area (Å²) >= 11 is 0. The molecular weight excluding hydrogens is 258 g/mol. The molecule has 1 aliphatic rings. The number of carbonyl (C=O) groups is 2. The lowest BCUT2D eigenvalue weighted by Gasteiger charge is -2.37. The highest BCUT2D eigenvalue weighted by molar-refractivity contribution is 5.75. The standard InChI is InChI=1S/C14H23N3O3/c1-3-6-16(7-4-2)14(20)17-11-9-15(10-12-17)8-5-13(18)19/h3-4H,1-2,5-12H2,(H,18,19). The number of hydrogen-bond acceptors (Lipinski definition) is 3. The zero-order chi connectivity index (χ0) is 15.0. The first-order valence-corrected chi connectivity index (χ1v) is 6.78. The Bertz CT molecular complexity index is 353. The minimum Gasteiger partial charge on any atom is -0.481 e. The van der Waals surface area contributed by atoms with Crippen LogP contribution in [0.15, 0.2) is 25.3 Å². The second-order valence-electron chi connectivity index (χ2n) is 4.74. The lowest BCUT2D eigenvalue weighted by molar-refractivity contribution is -0.137. The van der Waals surface area contributed by atoms with Crippen molar-refractivity contribution in [3.05, 3.63) is 25.3 Å². The van der Waals surface area contributed by atoms with E-state index in [4.69, 9.17) is 5.11 Å². The highest BCUT2D eigenvalue weighted by atomic mass is 16.4. The molecular formula is C14H23N3O3. The van der Waals surface area contributed by atoms with Gasteiger partial charge in [0.1, 0.15) is 0 Å². The van der Waals surface area contributed by atoms with Crippen molar-refractivity contribution < 1.29 is 14.7 Å². The van der Waals surface area contributed by atoms with E-state index in [0.717, 1.165) is 13.1 Å². The van der Waals surface area contributed by atoms with E-state index in [1.165, 1.54) is 0 Å². The Balaban J connectivity index is 2.42. The molecule has 0 spiro atoms. The van der Waals surface area contributed by atoms with E-state index < -0.39 is 5.97 Å². The van der Waals surface area contributed by atoms with Gasteiger partial charge in [0.2, 0.25) is 0 Å². The molecule has 1 heterocycles. The zero-order valence-corrected chi connectivity index (χ0v) is 11.8. The van der Waals surface area contributed by atoms with Crippen molar-refractivity contribution in [2.75, 3.05) is 45.8 Å². The molecule has 0 aromatic carbocycles. The van der Waals surface area contributed by atoms with Crippen LogP contribution < -0.4 is 0 Å². The summed E-state index contributed by atoms with van der Waals surface area (Å²) in [7, 11) is 0. The third-order valence-electron chi connectivity index (χ3n) is 3.25. The highest BCUT2D eigenvalue weighted by Gasteiger charge is 2.24. The van der Waals surface area contributed by atoms with Gasteiger partial charge in [-0.25, -0.2) is 4.79 Å². The van der Waals surface area contributed by atoms with E-state index >= 15 is 0 Å². The fraction of sp³-hybridized carbons (Fsp3) is 0.571. The molecule has 1 N–H and O–H groups in total. The summed E-state index contributed by atoms with van der Waals surface area (Å²) in [5, 5.41) is 8.66. The number of carbonyl (C=O) groups excluding carboxylic acids is 1. The summed E-state index contributed by atoms with van der Waals surface area (Å²) in [5.41, 5.74) is 0. The fourth-order valence-corrected chi connectivity index (χ4v) is 2.16. The van der Waals surface area contributed by atoms with Gasteiger partial charge in [-0.15, -0.1) is 13.2 Å². The van der Waals surface area contributed by atoms with Crippen LogP contribution in [0.4, 0.5) is 4.79 Å². The molecule has 0 unspecified atom stereocenters. The first kappa shape index (κ1) is 16.2. The number of carboxylic acids is 1. The monoisotopic (exact) mass is 281 g/mol. The van der Waals surface area contributed by atoms with E-state index in [-0.39, 0.29) is 12.5 Å². The summed E-state index contributed by atoms with van der Waals surface area (Å²) in [6.45, 7) is 11.5. The Kier molecular flexibility index (Phi) is 6.79. The average molecular weight is 281 g/mol. The van der Waals surface area contributed by atoms with Crippen molar-refractivity contribution in [1.82, 2.24) is 14.7 Å². The molecule has 1 aliphatic heterocycles. The molecule has 1 rings (SSSR count). The Labute approximate surface area is 119 Å². The van der Waals surface area contributed by atoms with Crippen molar-refractivity contribution in [2.24, 2.45) is 0 Å². The Hall–Kier alpha value is -1.82. The highest BCUT2D eigenvalue weighted by Crippen LogP contribution is 2.07. The van der Waals surface area contributed by atoms with Crippen molar-refractivity contribution in [1.29, 1.82) is 0 Å². The van der Waals surface area contributed by atoms with Crippen LogP contribution in [0.25, 0.3) is 0 Å². The van der Waals surface area contributed by atoms with Gasteiger partial charge in [-0.3, -0.25) is 9.69 Å².